The molecule has 1 N–H and O–H groups in total. The van der Waals surface area contributed by atoms with Crippen molar-refractivity contribution < 1.29 is 50.1 Å². The fraction of sp³-hybridized carbons (Fsp3) is 0.160. The number of benzene rings is 3. The predicted molar refractivity (Wildman–Crippen MR) is 134 cm³/mol. The molecule has 0 saturated carbocycles. The van der Waals surface area contributed by atoms with E-state index in [1.165, 1.54) is 0 Å². The standard InChI is InChI=1S/C24H18BrNO4.CHF3O3S/c1-14-11-16(25)12-15(2)23(14)30-24(29)22-17-7-3-5-9-19(17)26(13-21(27)28)20-10-6-4-8-18(20)22;2-1(3,4)8(5,6)7/h3-12H,13H2,1-2H3;(H,5,6,7). The smallest absolute Gasteiger partial charge is 0.485 e. The number of aromatic nitrogens is 1. The number of pyridine rings is 1. The summed E-state index contributed by atoms with van der Waals surface area (Å²) in [5.41, 5.74) is -2.21. The number of hydrogen-bond acceptors (Lipinski definition) is 6. The zero-order chi connectivity index (χ0) is 28.4. The van der Waals surface area contributed by atoms with E-state index in [9.17, 15) is 27.9 Å². The average molecular weight is 614 g/mol. The minimum absolute atomic E-state index is 0.207. The third kappa shape index (κ3) is 6.29. The molecule has 3 aromatic carbocycles. The van der Waals surface area contributed by atoms with Crippen molar-refractivity contribution in [3.63, 3.8) is 0 Å². The summed E-state index contributed by atoms with van der Waals surface area (Å²) in [6.45, 7) is 3.58. The van der Waals surface area contributed by atoms with Gasteiger partial charge in [-0.05, 0) is 49.2 Å². The maximum atomic E-state index is 13.4. The number of hydrogen-bond donors (Lipinski definition) is 1. The van der Waals surface area contributed by atoms with Crippen LogP contribution < -0.4 is 9.30 Å². The molecule has 38 heavy (non-hydrogen) atoms. The van der Waals surface area contributed by atoms with Crippen LogP contribution in [0.2, 0.25) is 0 Å². The first-order valence-corrected chi connectivity index (χ1v) is 12.9. The molecule has 0 aliphatic carbocycles. The molecule has 200 valence electrons. The largest absolute Gasteiger partial charge is 0.741 e. The third-order valence-corrected chi connectivity index (χ3v) is 6.35. The van der Waals surface area contributed by atoms with Crippen LogP contribution in [0.1, 0.15) is 21.5 Å². The molecule has 0 amide bonds. The van der Waals surface area contributed by atoms with Crippen LogP contribution >= 0.6 is 15.9 Å². The predicted octanol–water partition coefficient (Wildman–Crippen LogP) is 5.02. The Morgan fingerprint density at radius 1 is 0.974 bits per heavy atom. The number of aryl methyl sites for hydroxylation is 2. The van der Waals surface area contributed by atoms with Gasteiger partial charge in [-0.1, -0.05) is 40.2 Å². The number of para-hydroxylation sites is 2. The topological polar surface area (TPSA) is 125 Å². The molecule has 13 heteroatoms. The number of carboxylic acid groups (broad SMARTS) is 1. The first-order chi connectivity index (χ1) is 17.6. The number of carboxylic acids is 1. The summed E-state index contributed by atoms with van der Waals surface area (Å²) < 4.78 is 67.4. The van der Waals surface area contributed by atoms with Crippen LogP contribution in [0.4, 0.5) is 13.2 Å². The summed E-state index contributed by atoms with van der Waals surface area (Å²) >= 11 is 3.46. The van der Waals surface area contributed by atoms with Gasteiger partial charge in [0, 0.05) is 16.6 Å². The molecule has 0 fully saturated rings. The van der Waals surface area contributed by atoms with Crippen molar-refractivity contribution in [3.8, 4) is 5.75 Å². The molecular formula is C25H19BrF3NO7S. The Morgan fingerprint density at radius 3 is 1.79 bits per heavy atom. The Morgan fingerprint density at radius 2 is 1.39 bits per heavy atom. The highest BCUT2D eigenvalue weighted by Gasteiger charge is 2.37. The maximum Gasteiger partial charge on any atom is 0.485 e. The SMILES string of the molecule is Cc1cc(Br)cc(C)c1OC(=O)c1c2ccccc2[n+](CC(=O)O)c2ccccc12.O=S(=O)([O-])C(F)(F)F. The van der Waals surface area contributed by atoms with Crippen LogP contribution in [0.3, 0.4) is 0 Å². The third-order valence-electron chi connectivity index (χ3n) is 5.33. The monoisotopic (exact) mass is 613 g/mol. The first-order valence-electron chi connectivity index (χ1n) is 10.7. The minimum atomic E-state index is -6.09. The summed E-state index contributed by atoms with van der Waals surface area (Å²) in [6.07, 6.45) is 0. The number of esters is 1. The van der Waals surface area contributed by atoms with Gasteiger partial charge in [0.05, 0.1) is 16.3 Å². The highest BCUT2D eigenvalue weighted by Crippen LogP contribution is 2.31. The van der Waals surface area contributed by atoms with E-state index in [0.717, 1.165) is 15.6 Å². The zero-order valence-electron chi connectivity index (χ0n) is 19.7. The molecule has 0 unspecified atom stereocenters. The quantitative estimate of drug-likeness (QED) is 0.0856. The van der Waals surface area contributed by atoms with Crippen molar-refractivity contribution in [1.29, 1.82) is 0 Å². The Kier molecular flexibility index (Phi) is 8.44. The van der Waals surface area contributed by atoms with Crippen LogP contribution in [0.5, 0.6) is 5.75 Å². The Bertz CT molecular complexity index is 1590. The second-order valence-electron chi connectivity index (χ2n) is 8.05. The maximum absolute atomic E-state index is 13.4. The lowest BCUT2D eigenvalue weighted by atomic mass is 10.0. The lowest BCUT2D eigenvalue weighted by Gasteiger charge is -2.14. The number of carbonyl (C=O) groups is 2. The molecule has 1 aromatic heterocycles. The molecule has 4 aromatic rings. The number of carbonyl (C=O) groups excluding carboxylic acids is 1. The summed E-state index contributed by atoms with van der Waals surface area (Å²) in [5, 5.41) is 10.7. The van der Waals surface area contributed by atoms with Crippen molar-refractivity contribution in [2.75, 3.05) is 0 Å². The summed E-state index contributed by atoms with van der Waals surface area (Å²) in [6, 6.07) is 18.4. The van der Waals surface area contributed by atoms with Gasteiger partial charge in [-0.2, -0.15) is 17.7 Å². The second-order valence-corrected chi connectivity index (χ2v) is 10.3. The summed E-state index contributed by atoms with van der Waals surface area (Å²) in [4.78, 5) is 24.9. The number of alkyl halides is 3. The van der Waals surface area contributed by atoms with Crippen LogP contribution in [0.25, 0.3) is 21.8 Å². The van der Waals surface area contributed by atoms with Gasteiger partial charge in [-0.25, -0.2) is 18.0 Å². The van der Waals surface area contributed by atoms with E-state index in [-0.39, 0.29) is 6.54 Å². The number of nitrogens with zero attached hydrogens (tertiary/aromatic N) is 1. The van der Waals surface area contributed by atoms with E-state index in [1.54, 1.807) is 4.57 Å². The summed E-state index contributed by atoms with van der Waals surface area (Å²) in [5.74, 6) is -0.899. The Labute approximate surface area is 223 Å². The first kappa shape index (κ1) is 29.0. The number of rotatable bonds is 4. The van der Waals surface area contributed by atoms with E-state index >= 15 is 0 Å². The number of fused-ring (bicyclic) bond motifs is 2. The number of ether oxygens (including phenoxy) is 1. The molecule has 4 rings (SSSR count). The second kappa shape index (κ2) is 11.1. The van der Waals surface area contributed by atoms with Crippen molar-refractivity contribution in [2.24, 2.45) is 0 Å². The number of halogens is 4. The van der Waals surface area contributed by atoms with Crippen LogP contribution in [-0.2, 0) is 21.5 Å². The molecule has 0 spiro atoms. The minimum Gasteiger partial charge on any atom is -0.741 e. The molecule has 0 aliphatic rings. The molecule has 0 aliphatic heterocycles. The van der Waals surface area contributed by atoms with Gasteiger partial charge >= 0.3 is 17.4 Å². The molecule has 1 heterocycles. The zero-order valence-corrected chi connectivity index (χ0v) is 22.1. The van der Waals surface area contributed by atoms with E-state index in [2.05, 4.69) is 15.9 Å². The van der Waals surface area contributed by atoms with Gasteiger partial charge in [0.25, 0.3) is 0 Å². The molecular weight excluding hydrogens is 595 g/mol. The molecule has 0 saturated heterocycles. The van der Waals surface area contributed by atoms with Crippen molar-refractivity contribution in [3.05, 3.63) is 81.8 Å². The Balaban J connectivity index is 0.000000436. The Hall–Kier alpha value is -3.55. The van der Waals surface area contributed by atoms with Gasteiger partial charge in [-0.3, -0.25) is 0 Å². The van der Waals surface area contributed by atoms with Crippen molar-refractivity contribution in [1.82, 2.24) is 0 Å². The van der Waals surface area contributed by atoms with E-state index < -0.39 is 27.6 Å². The van der Waals surface area contributed by atoms with Crippen LogP contribution in [-0.4, -0.2) is 35.5 Å². The fourth-order valence-electron chi connectivity index (χ4n) is 3.84. The van der Waals surface area contributed by atoms with Crippen LogP contribution in [0.15, 0.2) is 65.1 Å². The van der Waals surface area contributed by atoms with Gasteiger partial charge in [0.1, 0.15) is 5.75 Å². The normalized spacial score (nSPS) is 11.7. The fourth-order valence-corrected chi connectivity index (χ4v) is 4.53. The molecule has 0 bridgehead atoms. The van der Waals surface area contributed by atoms with Gasteiger partial charge in [0.15, 0.2) is 10.1 Å². The summed E-state index contributed by atoms with van der Waals surface area (Å²) in [7, 11) is -6.09. The highest BCUT2D eigenvalue weighted by molar-refractivity contribution is 9.10. The lowest BCUT2D eigenvalue weighted by molar-refractivity contribution is -0.633. The van der Waals surface area contributed by atoms with Gasteiger partial charge in [-0.15, -0.1) is 0 Å². The molecule has 0 radical (unpaired) electrons. The van der Waals surface area contributed by atoms with Crippen molar-refractivity contribution in [2.45, 2.75) is 25.9 Å². The van der Waals surface area contributed by atoms with Crippen molar-refractivity contribution >= 4 is 59.8 Å². The van der Waals surface area contributed by atoms with Gasteiger partial charge < -0.3 is 14.4 Å². The highest BCUT2D eigenvalue weighted by atomic mass is 79.9. The average Bonchev–Trinajstić information content (AvgIpc) is 2.80. The van der Waals surface area contributed by atoms with Gasteiger partial charge in [0.2, 0.25) is 17.6 Å². The van der Waals surface area contributed by atoms with E-state index in [4.69, 9.17) is 17.7 Å². The van der Waals surface area contributed by atoms with Crippen LogP contribution in [0, 0.1) is 13.8 Å². The molecule has 0 atom stereocenters. The molecule has 8 nitrogen and oxygen atoms in total. The van der Waals surface area contributed by atoms with E-state index in [0.29, 0.717) is 33.1 Å². The van der Waals surface area contributed by atoms with E-state index in [1.807, 2.05) is 74.5 Å². The number of aliphatic carboxylic acids is 1. The lowest BCUT2D eigenvalue weighted by Crippen LogP contribution is -2.40.